The number of benzene rings is 1. The van der Waals surface area contributed by atoms with Crippen molar-refractivity contribution in [3.05, 3.63) is 64.9 Å². The van der Waals surface area contributed by atoms with Gasteiger partial charge in [0.15, 0.2) is 0 Å². The Morgan fingerprint density at radius 2 is 1.92 bits per heavy atom. The van der Waals surface area contributed by atoms with E-state index in [-0.39, 0.29) is 11.9 Å². The first-order valence-electron chi connectivity index (χ1n) is 8.80. The van der Waals surface area contributed by atoms with Crippen LogP contribution in [-0.4, -0.2) is 46.9 Å². The summed E-state index contributed by atoms with van der Waals surface area (Å²) >= 11 is 6.32. The van der Waals surface area contributed by atoms with E-state index in [0.717, 1.165) is 48.7 Å². The molecule has 1 aromatic heterocycles. The fourth-order valence-corrected chi connectivity index (χ4v) is 3.62. The first kappa shape index (κ1) is 17.9. The van der Waals surface area contributed by atoms with E-state index in [4.69, 9.17) is 11.6 Å². The van der Waals surface area contributed by atoms with Gasteiger partial charge >= 0.3 is 0 Å². The topological polar surface area (TPSA) is 36.4 Å². The lowest BCUT2D eigenvalue weighted by Gasteiger charge is -2.38. The second-order valence-corrected chi connectivity index (χ2v) is 6.88. The molecule has 1 saturated heterocycles. The van der Waals surface area contributed by atoms with E-state index >= 15 is 0 Å². The number of carbonyl (C=O) groups is 1. The van der Waals surface area contributed by atoms with Gasteiger partial charge in [0.2, 0.25) is 5.91 Å². The Morgan fingerprint density at radius 3 is 2.60 bits per heavy atom. The Balaban J connectivity index is 1.50. The second-order valence-electron chi connectivity index (χ2n) is 6.48. The minimum Gasteiger partial charge on any atom is -0.340 e. The van der Waals surface area contributed by atoms with Gasteiger partial charge in [-0.25, -0.2) is 0 Å². The quantitative estimate of drug-likeness (QED) is 0.820. The van der Waals surface area contributed by atoms with E-state index in [1.54, 1.807) is 6.20 Å². The number of carbonyl (C=O) groups excluding carboxylic acids is 1. The van der Waals surface area contributed by atoms with Crippen molar-refractivity contribution >= 4 is 17.5 Å². The van der Waals surface area contributed by atoms with Crippen molar-refractivity contribution in [2.45, 2.75) is 25.8 Å². The maximum atomic E-state index is 12.4. The molecule has 25 heavy (non-hydrogen) atoms. The highest BCUT2D eigenvalue weighted by atomic mass is 35.5. The lowest BCUT2D eigenvalue weighted by atomic mass is 10.1. The van der Waals surface area contributed by atoms with Crippen LogP contribution in [0.2, 0.25) is 5.02 Å². The van der Waals surface area contributed by atoms with Gasteiger partial charge in [-0.2, -0.15) is 0 Å². The zero-order valence-corrected chi connectivity index (χ0v) is 15.3. The molecule has 2 aromatic rings. The molecule has 0 spiro atoms. The minimum absolute atomic E-state index is 0.230. The van der Waals surface area contributed by atoms with Gasteiger partial charge in [-0.1, -0.05) is 35.9 Å². The second kappa shape index (κ2) is 8.45. The van der Waals surface area contributed by atoms with E-state index in [9.17, 15) is 4.79 Å². The molecule has 1 unspecified atom stereocenters. The summed E-state index contributed by atoms with van der Waals surface area (Å²) in [5.41, 5.74) is 2.27. The molecule has 1 atom stereocenters. The van der Waals surface area contributed by atoms with E-state index in [2.05, 4.69) is 22.9 Å². The molecule has 0 saturated carbocycles. The molecule has 1 aromatic carbocycles. The minimum atomic E-state index is 0.230. The Kier molecular flexibility index (Phi) is 6.05. The van der Waals surface area contributed by atoms with Crippen LogP contribution < -0.4 is 0 Å². The molecular formula is C20H24ClN3O. The van der Waals surface area contributed by atoms with Crippen LogP contribution in [0.25, 0.3) is 0 Å². The normalized spacial score (nSPS) is 16.6. The van der Waals surface area contributed by atoms with Crippen LogP contribution in [0.4, 0.5) is 0 Å². The third-order valence-corrected chi connectivity index (χ3v) is 5.26. The molecule has 0 N–H and O–H groups in total. The average molecular weight is 358 g/mol. The molecule has 132 valence electrons. The van der Waals surface area contributed by atoms with Gasteiger partial charge in [0.1, 0.15) is 0 Å². The number of aryl methyl sites for hydroxylation is 1. The molecule has 0 bridgehead atoms. The highest BCUT2D eigenvalue weighted by Crippen LogP contribution is 2.27. The number of halogens is 1. The summed E-state index contributed by atoms with van der Waals surface area (Å²) in [5, 5.41) is 0.810. The molecular weight excluding hydrogens is 334 g/mol. The number of pyridine rings is 1. The predicted molar refractivity (Wildman–Crippen MR) is 101 cm³/mol. The van der Waals surface area contributed by atoms with Gasteiger partial charge in [0, 0.05) is 56.1 Å². The van der Waals surface area contributed by atoms with Gasteiger partial charge in [-0.05, 0) is 36.6 Å². The number of hydrogen-bond donors (Lipinski definition) is 0. The number of rotatable bonds is 5. The summed E-state index contributed by atoms with van der Waals surface area (Å²) in [4.78, 5) is 20.9. The molecule has 1 aliphatic heterocycles. The van der Waals surface area contributed by atoms with Crippen molar-refractivity contribution in [3.63, 3.8) is 0 Å². The van der Waals surface area contributed by atoms with Gasteiger partial charge in [-0.3, -0.25) is 14.7 Å². The predicted octanol–water partition coefficient (Wildman–Crippen LogP) is 3.57. The van der Waals surface area contributed by atoms with Gasteiger partial charge in [-0.15, -0.1) is 0 Å². The van der Waals surface area contributed by atoms with E-state index in [1.807, 2.05) is 41.4 Å². The average Bonchev–Trinajstić information content (AvgIpc) is 2.67. The SMILES string of the molecule is CC(c1ccccc1Cl)N1CCN(C(=O)CCc2cccnc2)CC1. The van der Waals surface area contributed by atoms with Crippen LogP contribution >= 0.6 is 11.6 Å². The van der Waals surface area contributed by atoms with E-state index in [0.29, 0.717) is 6.42 Å². The van der Waals surface area contributed by atoms with Crippen molar-refractivity contribution in [2.24, 2.45) is 0 Å². The highest BCUT2D eigenvalue weighted by Gasteiger charge is 2.25. The Labute approximate surface area is 154 Å². The molecule has 2 heterocycles. The molecule has 4 nitrogen and oxygen atoms in total. The van der Waals surface area contributed by atoms with Crippen LogP contribution in [0.3, 0.4) is 0 Å². The number of amides is 1. The molecule has 1 aliphatic rings. The summed E-state index contributed by atoms with van der Waals surface area (Å²) in [6.45, 7) is 5.50. The van der Waals surface area contributed by atoms with Crippen molar-refractivity contribution < 1.29 is 4.79 Å². The molecule has 0 radical (unpaired) electrons. The van der Waals surface area contributed by atoms with Crippen LogP contribution in [-0.2, 0) is 11.2 Å². The zero-order chi connectivity index (χ0) is 17.6. The van der Waals surface area contributed by atoms with Crippen molar-refractivity contribution in [2.75, 3.05) is 26.2 Å². The molecule has 1 amide bonds. The van der Waals surface area contributed by atoms with Gasteiger partial charge in [0.05, 0.1) is 0 Å². The first-order chi connectivity index (χ1) is 12.1. The van der Waals surface area contributed by atoms with Crippen LogP contribution in [0.1, 0.15) is 30.5 Å². The van der Waals surface area contributed by atoms with E-state index in [1.165, 1.54) is 0 Å². The maximum Gasteiger partial charge on any atom is 0.222 e. The monoisotopic (exact) mass is 357 g/mol. The van der Waals surface area contributed by atoms with Crippen molar-refractivity contribution in [1.82, 2.24) is 14.8 Å². The fourth-order valence-electron chi connectivity index (χ4n) is 3.32. The smallest absolute Gasteiger partial charge is 0.222 e. The van der Waals surface area contributed by atoms with Crippen LogP contribution in [0, 0.1) is 0 Å². The Bertz CT molecular complexity index is 699. The summed E-state index contributed by atoms with van der Waals surface area (Å²) in [6, 6.07) is 12.2. The number of nitrogens with zero attached hydrogens (tertiary/aromatic N) is 3. The summed E-state index contributed by atoms with van der Waals surface area (Å²) in [7, 11) is 0. The van der Waals surface area contributed by atoms with Crippen LogP contribution in [0.15, 0.2) is 48.8 Å². The first-order valence-corrected chi connectivity index (χ1v) is 9.18. The molecule has 5 heteroatoms. The fraction of sp³-hybridized carbons (Fsp3) is 0.400. The zero-order valence-electron chi connectivity index (χ0n) is 14.6. The largest absolute Gasteiger partial charge is 0.340 e. The third kappa shape index (κ3) is 4.59. The Hall–Kier alpha value is -1.91. The molecule has 0 aliphatic carbocycles. The number of piperazine rings is 1. The summed E-state index contributed by atoms with van der Waals surface area (Å²) < 4.78 is 0. The van der Waals surface area contributed by atoms with Crippen molar-refractivity contribution in [1.29, 1.82) is 0 Å². The van der Waals surface area contributed by atoms with Gasteiger partial charge in [0.25, 0.3) is 0 Å². The molecule has 3 rings (SSSR count). The molecule has 1 fully saturated rings. The maximum absolute atomic E-state index is 12.4. The van der Waals surface area contributed by atoms with Crippen molar-refractivity contribution in [3.8, 4) is 0 Å². The standard InChI is InChI=1S/C20H24ClN3O/c1-16(18-6-2-3-7-19(18)21)23-11-13-24(14-12-23)20(25)9-8-17-5-4-10-22-15-17/h2-7,10,15-16H,8-9,11-14H2,1H3. The summed E-state index contributed by atoms with van der Waals surface area (Å²) in [6.07, 6.45) is 4.88. The third-order valence-electron chi connectivity index (χ3n) is 4.92. The Morgan fingerprint density at radius 1 is 1.16 bits per heavy atom. The van der Waals surface area contributed by atoms with Crippen LogP contribution in [0.5, 0.6) is 0 Å². The lowest BCUT2D eigenvalue weighted by Crippen LogP contribution is -2.49. The number of aromatic nitrogens is 1. The highest BCUT2D eigenvalue weighted by molar-refractivity contribution is 6.31. The van der Waals surface area contributed by atoms with E-state index < -0.39 is 0 Å². The lowest BCUT2D eigenvalue weighted by molar-refractivity contribution is -0.133. The van der Waals surface area contributed by atoms with Gasteiger partial charge < -0.3 is 4.90 Å². The summed E-state index contributed by atoms with van der Waals surface area (Å²) in [5.74, 6) is 0.230. The number of hydrogen-bond acceptors (Lipinski definition) is 3.